The van der Waals surface area contributed by atoms with Crippen molar-refractivity contribution in [2.45, 2.75) is 190 Å². The summed E-state index contributed by atoms with van der Waals surface area (Å²) >= 11 is 0. The van der Waals surface area contributed by atoms with E-state index in [2.05, 4.69) is 273 Å². The van der Waals surface area contributed by atoms with Crippen LogP contribution in [0.4, 0.5) is 22.0 Å². The molecule has 12 aliphatic rings. The van der Waals surface area contributed by atoms with Crippen LogP contribution in [0.25, 0.3) is 0 Å². The van der Waals surface area contributed by atoms with Gasteiger partial charge in [-0.25, -0.2) is 38.4 Å². The molecule has 21 rings (SSSR count). The third-order valence-corrected chi connectivity index (χ3v) is 34.2. The third kappa shape index (κ3) is 24.7. The van der Waals surface area contributed by atoms with E-state index in [-0.39, 0.29) is 50.7 Å². The van der Waals surface area contributed by atoms with Gasteiger partial charge in [-0.2, -0.15) is 8.78 Å². The molecule has 12 fully saturated rings. The molecule has 0 heterocycles. The topological polar surface area (TPSA) is 250 Å². The van der Waals surface area contributed by atoms with E-state index >= 15 is 0 Å². The van der Waals surface area contributed by atoms with Crippen molar-refractivity contribution < 1.29 is 89.5 Å². The number of alkyl halides is 5. The Bertz CT molecular complexity index is 4590. The molecule has 0 spiro atoms. The van der Waals surface area contributed by atoms with E-state index in [1.165, 1.54) is 63.3 Å². The van der Waals surface area contributed by atoms with Crippen molar-refractivity contribution in [1.29, 1.82) is 0 Å². The highest BCUT2D eigenvalue weighted by atomic mass is 32.2. The van der Waals surface area contributed by atoms with Gasteiger partial charge in [-0.15, -0.1) is 0 Å². The van der Waals surface area contributed by atoms with Crippen LogP contribution in [0.2, 0.25) is 0 Å². The highest BCUT2D eigenvalue weighted by molar-refractivity contribution is 7.97. The molecule has 0 radical (unpaired) electrons. The molecule has 0 N–H and O–H groups in total. The first-order chi connectivity index (χ1) is 58.8. The number of rotatable bonds is 25. The number of hydrogen-bond acceptors (Lipinski definition) is 15. The second-order valence-electron chi connectivity index (χ2n) is 34.6. The summed E-state index contributed by atoms with van der Waals surface area (Å²) in [6, 6.07) is 96.5. The molecule has 0 aromatic heterocycles. The second kappa shape index (κ2) is 41.1. The summed E-state index contributed by atoms with van der Waals surface area (Å²) in [5.41, 5.74) is -1.48. The summed E-state index contributed by atoms with van der Waals surface area (Å²) in [6.45, 7) is -1.51. The lowest BCUT2D eigenvalue weighted by molar-refractivity contribution is -0.173. The van der Waals surface area contributed by atoms with Crippen LogP contribution >= 0.6 is 0 Å². The van der Waals surface area contributed by atoms with E-state index in [4.69, 9.17) is 14.2 Å². The molecule has 15 nitrogen and oxygen atoms in total. The zero-order valence-electron chi connectivity index (χ0n) is 68.4. The minimum absolute atomic E-state index is 0.0146. The number of carbonyl (C=O) groups is 3. The maximum atomic E-state index is 13.4. The molecule has 0 saturated heterocycles. The van der Waals surface area contributed by atoms with Gasteiger partial charge in [0.15, 0.2) is 60.3 Å². The average Bonchev–Trinajstić information content (AvgIpc) is 0.748. The van der Waals surface area contributed by atoms with E-state index < -0.39 is 108 Å². The van der Waals surface area contributed by atoms with Gasteiger partial charge in [0.25, 0.3) is 5.92 Å². The quantitative estimate of drug-likeness (QED) is 0.0170. The van der Waals surface area contributed by atoms with Gasteiger partial charge in [0.05, 0.1) is 78.0 Å². The molecule has 123 heavy (non-hydrogen) atoms. The van der Waals surface area contributed by atoms with Crippen molar-refractivity contribution in [2.24, 2.45) is 69.5 Å². The summed E-state index contributed by atoms with van der Waals surface area (Å²) in [6.07, 6.45) is 12.6. The molecule has 9 aromatic carbocycles. The fourth-order valence-electron chi connectivity index (χ4n) is 21.2. The number of ether oxygens (including phenoxy) is 3. The molecule has 9 aromatic rings. The van der Waals surface area contributed by atoms with E-state index in [0.717, 1.165) is 96.3 Å². The lowest BCUT2D eigenvalue weighted by Gasteiger charge is -2.55. The van der Waals surface area contributed by atoms with E-state index in [9.17, 15) is 75.2 Å². The van der Waals surface area contributed by atoms with E-state index in [1.54, 1.807) is 0 Å². The van der Waals surface area contributed by atoms with Crippen molar-refractivity contribution in [3.05, 3.63) is 273 Å². The Morgan fingerprint density at radius 3 is 0.707 bits per heavy atom. The predicted molar refractivity (Wildman–Crippen MR) is 462 cm³/mol. The third-order valence-electron chi connectivity index (χ3n) is 25.2. The minimum atomic E-state index is -6.09. The molecular weight excluding hydrogens is 1690 g/mol. The van der Waals surface area contributed by atoms with Gasteiger partial charge in [0.2, 0.25) is 0 Å². The molecule has 1 atom stereocenters. The Labute approximate surface area is 728 Å². The monoisotopic (exact) mass is 1800 g/mol. The fraction of sp³-hybridized carbons (Fsp3) is 0.412. The highest BCUT2D eigenvalue weighted by Crippen LogP contribution is 2.63. The standard InChI is InChI=1S/3C18H15S.C15H21F3O5S.C15H22F2O5S.C13H20O5S/c3*1-4-10-16(11-5-1)19(17-12-6-2-7-13-17)18-14-8-3-9-15-18;16-12(15(17,18)24(20,21)22)1-2-23-13(19)14-6-9-3-10(7-14)5-11(4-9)8-14;16-15(17,9-23(19,20)21)1-2-22-13(18)14-6-10-3-11(7-14)5-12(4-10)8-14;14-12(18-1-2-19(15,16)17)13-6-9-3-10(7-13)5-11(4-9)8-13/h3*1-15H;9-12H,1-8H2,(H,20,21,22);10-12H,1-9H2,(H,19,20,21);9-11H,1-8H2,(H,15,16,17)/q3*+1;;;/p-3. The maximum Gasteiger partial charge on any atom is 0.364 e. The predicted octanol–water partition coefficient (Wildman–Crippen LogP) is 20.6. The first-order valence-corrected chi connectivity index (χ1v) is 50.5. The molecule has 26 heteroatoms. The highest BCUT2D eigenvalue weighted by Gasteiger charge is 2.59. The van der Waals surface area contributed by atoms with Gasteiger partial charge in [0.1, 0.15) is 22.5 Å². The molecule has 12 bridgehead atoms. The Balaban J connectivity index is 0.000000127. The summed E-state index contributed by atoms with van der Waals surface area (Å²) in [5, 5.41) is -5.01. The first kappa shape index (κ1) is 92.5. The zero-order chi connectivity index (χ0) is 87.1. The summed E-state index contributed by atoms with van der Waals surface area (Å²) in [5.74, 6) is -2.20. The van der Waals surface area contributed by atoms with E-state index in [0.29, 0.717) is 53.3 Å². The van der Waals surface area contributed by atoms with Crippen molar-refractivity contribution in [1.82, 2.24) is 0 Å². The molecule has 12 saturated carbocycles. The van der Waals surface area contributed by atoms with Gasteiger partial charge in [-0.05, 0) is 278 Å². The van der Waals surface area contributed by atoms with Crippen LogP contribution in [0.3, 0.4) is 0 Å². The first-order valence-electron chi connectivity index (χ1n) is 42.2. The summed E-state index contributed by atoms with van der Waals surface area (Å²) in [7, 11) is -15.4. The number of esters is 3. The smallest absolute Gasteiger partial charge is 0.364 e. The molecule has 0 aliphatic heterocycles. The van der Waals surface area contributed by atoms with Crippen molar-refractivity contribution in [2.75, 3.05) is 31.3 Å². The van der Waals surface area contributed by atoms with Gasteiger partial charge in [-0.3, -0.25) is 14.4 Å². The number of carbonyl (C=O) groups excluding carboxylic acids is 3. The van der Waals surface area contributed by atoms with Gasteiger partial charge >= 0.3 is 23.2 Å². The minimum Gasteiger partial charge on any atom is -0.748 e. The Morgan fingerprint density at radius 1 is 0.325 bits per heavy atom. The van der Waals surface area contributed by atoms with Crippen molar-refractivity contribution >= 4 is 80.9 Å². The Morgan fingerprint density at radius 2 is 0.520 bits per heavy atom. The van der Waals surface area contributed by atoms with Crippen LogP contribution in [0.1, 0.15) is 128 Å². The normalized spacial score (nSPS) is 25.0. The average molecular weight is 1800 g/mol. The van der Waals surface area contributed by atoms with Gasteiger partial charge in [-0.1, -0.05) is 164 Å². The van der Waals surface area contributed by atoms with Crippen LogP contribution in [0, 0.1) is 69.5 Å². The largest absolute Gasteiger partial charge is 0.748 e. The zero-order valence-corrected chi connectivity index (χ0v) is 73.3. The molecule has 1 unspecified atom stereocenters. The Kier molecular flexibility index (Phi) is 30.9. The maximum absolute atomic E-state index is 13.4. The summed E-state index contributed by atoms with van der Waals surface area (Å²) < 4.78 is 175. The number of benzene rings is 9. The fourth-order valence-corrected chi connectivity index (χ4v) is 28.9. The molecule has 0 amide bonds. The molecule has 654 valence electrons. The van der Waals surface area contributed by atoms with Gasteiger partial charge < -0.3 is 27.9 Å². The van der Waals surface area contributed by atoms with E-state index in [1.807, 2.05) is 0 Å². The second-order valence-corrected chi connectivity index (χ2v) is 45.0. The lowest BCUT2D eigenvalue weighted by Crippen LogP contribution is -2.50. The molecular formula is C97H105F5O15S6. The van der Waals surface area contributed by atoms with Crippen LogP contribution in [-0.4, -0.2) is 105 Å². The van der Waals surface area contributed by atoms with Crippen LogP contribution in [-0.2, 0) is 91.6 Å². The SMILES string of the molecule is O=C(OCCC(F)(F)CS(=O)(=O)[O-])C12CC3CC(CC(C3)C1)C2.O=C(OCCC(F)C(F)(F)S(=O)(=O)[O-])C12CC3CC(CC(C3)C1)C2.O=C(OCCS(=O)(=O)[O-])C12CC3CC(CC(C3)C1)C2.c1ccc([S+](c2ccccc2)c2ccccc2)cc1.c1ccc([S+](c2ccccc2)c2ccccc2)cc1.c1ccc([S+](c2ccccc2)c2ccccc2)cc1. The summed E-state index contributed by atoms with van der Waals surface area (Å²) in [4.78, 5) is 49.3. The van der Waals surface area contributed by atoms with Crippen LogP contribution in [0.5, 0.6) is 0 Å². The van der Waals surface area contributed by atoms with Gasteiger partial charge in [0, 0.05) is 12.8 Å². The Hall–Kier alpha value is -8.18. The van der Waals surface area contributed by atoms with Crippen molar-refractivity contribution in [3.63, 3.8) is 0 Å². The number of hydrogen-bond donors (Lipinski definition) is 0. The van der Waals surface area contributed by atoms with Crippen molar-refractivity contribution in [3.8, 4) is 0 Å². The molecule has 12 aliphatic carbocycles. The van der Waals surface area contributed by atoms with Crippen LogP contribution in [0.15, 0.2) is 317 Å². The van der Waals surface area contributed by atoms with Crippen LogP contribution < -0.4 is 0 Å². The number of halogens is 5. The lowest BCUT2D eigenvalue weighted by atomic mass is 9.49.